The van der Waals surface area contributed by atoms with Gasteiger partial charge in [0.15, 0.2) is 0 Å². The summed E-state index contributed by atoms with van der Waals surface area (Å²) in [7, 11) is 3.91. The fourth-order valence-corrected chi connectivity index (χ4v) is 2.46. The fourth-order valence-electron chi connectivity index (χ4n) is 2.46. The van der Waals surface area contributed by atoms with Crippen LogP contribution >= 0.6 is 0 Å². The number of rotatable bonds is 4. The molecule has 0 aromatic heterocycles. The molecular weight excluding hydrogens is 200 g/mol. The zero-order valence-corrected chi connectivity index (χ0v) is 10.1. The van der Waals surface area contributed by atoms with E-state index in [4.69, 9.17) is 10.5 Å². The molecule has 1 unspecified atom stereocenters. The maximum Gasteiger partial charge on any atom is 0.0589 e. The van der Waals surface area contributed by atoms with Crippen molar-refractivity contribution in [3.63, 3.8) is 0 Å². The summed E-state index contributed by atoms with van der Waals surface area (Å²) in [5.74, 6) is 0. The van der Waals surface area contributed by atoms with Crippen LogP contribution < -0.4 is 5.73 Å². The topological polar surface area (TPSA) is 38.5 Å². The molecule has 3 heteroatoms. The third kappa shape index (κ3) is 2.20. The van der Waals surface area contributed by atoms with Gasteiger partial charge in [-0.1, -0.05) is 6.07 Å². The molecule has 1 aliphatic rings. The van der Waals surface area contributed by atoms with Crippen LogP contribution in [-0.2, 0) is 11.2 Å². The van der Waals surface area contributed by atoms with Gasteiger partial charge in [-0.15, -0.1) is 0 Å². The van der Waals surface area contributed by atoms with Crippen molar-refractivity contribution in [3.05, 3.63) is 29.3 Å². The molecule has 0 fully saturated rings. The van der Waals surface area contributed by atoms with E-state index in [0.717, 1.165) is 25.3 Å². The van der Waals surface area contributed by atoms with Gasteiger partial charge in [-0.05, 0) is 43.1 Å². The fraction of sp³-hybridized carbons (Fsp3) is 0.538. The molecule has 1 atom stereocenters. The molecule has 0 spiro atoms. The van der Waals surface area contributed by atoms with Gasteiger partial charge in [0.1, 0.15) is 0 Å². The number of hydrogen-bond donors (Lipinski definition) is 1. The van der Waals surface area contributed by atoms with E-state index in [0.29, 0.717) is 6.04 Å². The van der Waals surface area contributed by atoms with Crippen LogP contribution in [0.4, 0.5) is 5.69 Å². The normalized spacial score (nSPS) is 19.1. The smallest absolute Gasteiger partial charge is 0.0589 e. The van der Waals surface area contributed by atoms with Crippen molar-refractivity contribution in [2.75, 3.05) is 33.0 Å². The zero-order valence-electron chi connectivity index (χ0n) is 10.1. The quantitative estimate of drug-likeness (QED) is 0.787. The van der Waals surface area contributed by atoms with Crippen LogP contribution in [-0.4, -0.2) is 32.2 Å². The largest absolute Gasteiger partial charge is 0.399 e. The van der Waals surface area contributed by atoms with E-state index in [1.165, 1.54) is 17.5 Å². The molecule has 2 rings (SSSR count). The minimum absolute atomic E-state index is 0.533. The summed E-state index contributed by atoms with van der Waals surface area (Å²) in [4.78, 5) is 2.37. The second-order valence-electron chi connectivity index (χ2n) is 4.49. The Hall–Kier alpha value is -1.06. The number of likely N-dealkylation sites (N-methyl/N-ethyl adjacent to an activating group) is 1. The van der Waals surface area contributed by atoms with E-state index < -0.39 is 0 Å². The van der Waals surface area contributed by atoms with Gasteiger partial charge >= 0.3 is 0 Å². The Labute approximate surface area is 97.2 Å². The number of fused-ring (bicyclic) bond motifs is 1. The molecule has 16 heavy (non-hydrogen) atoms. The molecule has 0 heterocycles. The molecule has 0 radical (unpaired) electrons. The van der Waals surface area contributed by atoms with E-state index in [1.807, 2.05) is 6.07 Å². The van der Waals surface area contributed by atoms with Crippen molar-refractivity contribution in [2.24, 2.45) is 0 Å². The lowest BCUT2D eigenvalue weighted by Gasteiger charge is -2.24. The van der Waals surface area contributed by atoms with Gasteiger partial charge in [-0.2, -0.15) is 0 Å². The van der Waals surface area contributed by atoms with Gasteiger partial charge in [0, 0.05) is 25.4 Å². The average molecular weight is 220 g/mol. The molecule has 0 aliphatic heterocycles. The Kier molecular flexibility index (Phi) is 3.46. The number of benzene rings is 1. The summed E-state index contributed by atoms with van der Waals surface area (Å²) in [6, 6.07) is 6.82. The van der Waals surface area contributed by atoms with E-state index in [2.05, 4.69) is 24.1 Å². The molecule has 0 saturated carbocycles. The standard InChI is InChI=1S/C13H20N2O/c1-15(7-8-16-2)13-6-3-10-9-11(14)4-5-12(10)13/h4-5,9,13H,3,6-8,14H2,1-2H3. The Balaban J connectivity index is 2.11. The first-order valence-electron chi connectivity index (χ1n) is 5.80. The van der Waals surface area contributed by atoms with Crippen LogP contribution in [0.5, 0.6) is 0 Å². The van der Waals surface area contributed by atoms with Crippen LogP contribution in [0.3, 0.4) is 0 Å². The van der Waals surface area contributed by atoms with Crippen molar-refractivity contribution in [3.8, 4) is 0 Å². The third-order valence-electron chi connectivity index (χ3n) is 3.39. The molecule has 1 aromatic rings. The number of nitrogens with two attached hydrogens (primary N) is 1. The van der Waals surface area contributed by atoms with E-state index in [-0.39, 0.29) is 0 Å². The minimum atomic E-state index is 0.533. The van der Waals surface area contributed by atoms with Gasteiger partial charge in [0.25, 0.3) is 0 Å². The molecule has 3 nitrogen and oxygen atoms in total. The van der Waals surface area contributed by atoms with Crippen LogP contribution in [0.25, 0.3) is 0 Å². The van der Waals surface area contributed by atoms with Crippen LogP contribution in [0.2, 0.25) is 0 Å². The molecule has 0 saturated heterocycles. The summed E-state index contributed by atoms with van der Waals surface area (Å²) in [5.41, 5.74) is 9.52. The average Bonchev–Trinajstić information content (AvgIpc) is 2.68. The van der Waals surface area contributed by atoms with Crippen molar-refractivity contribution >= 4 is 5.69 Å². The van der Waals surface area contributed by atoms with Crippen LogP contribution in [0, 0.1) is 0 Å². The SMILES string of the molecule is COCCN(C)C1CCc2cc(N)ccc21. The highest BCUT2D eigenvalue weighted by Crippen LogP contribution is 2.35. The molecule has 2 N–H and O–H groups in total. The molecule has 88 valence electrons. The molecule has 0 bridgehead atoms. The maximum absolute atomic E-state index is 5.80. The van der Waals surface area contributed by atoms with Gasteiger partial charge in [-0.3, -0.25) is 4.90 Å². The van der Waals surface area contributed by atoms with Crippen molar-refractivity contribution in [2.45, 2.75) is 18.9 Å². The monoisotopic (exact) mass is 220 g/mol. The zero-order chi connectivity index (χ0) is 11.5. The van der Waals surface area contributed by atoms with Crippen molar-refractivity contribution in [1.29, 1.82) is 0 Å². The summed E-state index contributed by atoms with van der Waals surface area (Å²) in [5, 5.41) is 0. The van der Waals surface area contributed by atoms with Gasteiger partial charge in [0.2, 0.25) is 0 Å². The number of anilines is 1. The lowest BCUT2D eigenvalue weighted by molar-refractivity contribution is 0.138. The van der Waals surface area contributed by atoms with Gasteiger partial charge in [-0.25, -0.2) is 0 Å². The summed E-state index contributed by atoms with van der Waals surface area (Å²) < 4.78 is 5.12. The molecule has 1 aromatic carbocycles. The third-order valence-corrected chi connectivity index (χ3v) is 3.39. The maximum atomic E-state index is 5.80. The molecular formula is C13H20N2O. The molecule has 0 amide bonds. The van der Waals surface area contributed by atoms with Gasteiger partial charge in [0.05, 0.1) is 6.61 Å². The Morgan fingerprint density at radius 2 is 2.31 bits per heavy atom. The highest BCUT2D eigenvalue weighted by Gasteiger charge is 2.25. The first-order valence-corrected chi connectivity index (χ1v) is 5.80. The number of ether oxygens (including phenoxy) is 1. The Bertz CT molecular complexity index is 365. The summed E-state index contributed by atoms with van der Waals surface area (Å²) in [6.45, 7) is 1.77. The first-order chi connectivity index (χ1) is 7.72. The first kappa shape index (κ1) is 11.4. The summed E-state index contributed by atoms with van der Waals surface area (Å²) in [6.07, 6.45) is 2.33. The number of aryl methyl sites for hydroxylation is 1. The second-order valence-corrected chi connectivity index (χ2v) is 4.49. The highest BCUT2D eigenvalue weighted by molar-refractivity contribution is 5.47. The predicted octanol–water partition coefficient (Wildman–Crippen LogP) is 1.83. The Morgan fingerprint density at radius 3 is 3.06 bits per heavy atom. The predicted molar refractivity (Wildman–Crippen MR) is 66.4 cm³/mol. The summed E-state index contributed by atoms with van der Waals surface area (Å²) >= 11 is 0. The second kappa shape index (κ2) is 4.85. The van der Waals surface area contributed by atoms with Crippen molar-refractivity contribution in [1.82, 2.24) is 4.90 Å². The Morgan fingerprint density at radius 1 is 1.50 bits per heavy atom. The number of methoxy groups -OCH3 is 1. The lowest BCUT2D eigenvalue weighted by atomic mass is 10.1. The minimum Gasteiger partial charge on any atom is -0.399 e. The number of nitrogens with zero attached hydrogens (tertiary/aromatic N) is 1. The van der Waals surface area contributed by atoms with Crippen LogP contribution in [0.15, 0.2) is 18.2 Å². The molecule has 1 aliphatic carbocycles. The van der Waals surface area contributed by atoms with Gasteiger partial charge < -0.3 is 10.5 Å². The van der Waals surface area contributed by atoms with Crippen LogP contribution in [0.1, 0.15) is 23.6 Å². The lowest BCUT2D eigenvalue weighted by Crippen LogP contribution is -2.26. The van der Waals surface area contributed by atoms with Crippen molar-refractivity contribution < 1.29 is 4.74 Å². The number of nitrogen functional groups attached to an aromatic ring is 1. The van der Waals surface area contributed by atoms with E-state index >= 15 is 0 Å². The van der Waals surface area contributed by atoms with E-state index in [1.54, 1.807) is 7.11 Å². The highest BCUT2D eigenvalue weighted by atomic mass is 16.5. The number of hydrogen-bond acceptors (Lipinski definition) is 3. The van der Waals surface area contributed by atoms with E-state index in [9.17, 15) is 0 Å².